The molecule has 0 aliphatic heterocycles. The zero-order chi connectivity index (χ0) is 24.4. The van der Waals surface area contributed by atoms with E-state index in [2.05, 4.69) is 37.2 Å². The van der Waals surface area contributed by atoms with E-state index < -0.39 is 24.3 Å². The van der Waals surface area contributed by atoms with Gasteiger partial charge in [-0.25, -0.2) is 9.59 Å². The minimum atomic E-state index is -1.05. The van der Waals surface area contributed by atoms with Gasteiger partial charge in [-0.1, -0.05) is 22.0 Å². The fourth-order valence-corrected chi connectivity index (χ4v) is 4.73. The molecule has 1 amide bonds. The molecule has 0 aliphatic rings. The molecule has 0 fully saturated rings. The van der Waals surface area contributed by atoms with Gasteiger partial charge in [-0.05, 0) is 78.3 Å². The van der Waals surface area contributed by atoms with Gasteiger partial charge in [-0.2, -0.15) is 0 Å². The maximum atomic E-state index is 12.8. The maximum Gasteiger partial charge on any atom is 0.412 e. The van der Waals surface area contributed by atoms with Gasteiger partial charge in [0.1, 0.15) is 5.75 Å². The van der Waals surface area contributed by atoms with Gasteiger partial charge in [0, 0.05) is 33.3 Å². The average molecular weight is 603 g/mol. The van der Waals surface area contributed by atoms with Gasteiger partial charge in [0.2, 0.25) is 0 Å². The highest BCUT2D eigenvalue weighted by Crippen LogP contribution is 2.39. The Morgan fingerprint density at radius 3 is 2.52 bits per heavy atom. The summed E-state index contributed by atoms with van der Waals surface area (Å²) in [5.74, 6) is -1.12. The zero-order valence-electron chi connectivity index (χ0n) is 18.1. The van der Waals surface area contributed by atoms with Gasteiger partial charge < -0.3 is 19.7 Å². The number of allylic oxidation sites excluding steroid dienone is 1. The summed E-state index contributed by atoms with van der Waals surface area (Å²) in [5.41, 5.74) is 0.915. The molecule has 0 saturated heterocycles. The van der Waals surface area contributed by atoms with Crippen molar-refractivity contribution >= 4 is 61.4 Å². The Labute approximate surface area is 213 Å². The Morgan fingerprint density at radius 1 is 1.21 bits per heavy atom. The number of anilines is 1. The maximum absolute atomic E-state index is 12.8. The Morgan fingerprint density at radius 2 is 1.91 bits per heavy atom. The van der Waals surface area contributed by atoms with Crippen LogP contribution in [0.1, 0.15) is 31.4 Å². The first kappa shape index (κ1) is 27.2. The fraction of sp³-hybridized carbons (Fsp3) is 0.304. The Bertz CT molecular complexity index is 984. The van der Waals surface area contributed by atoms with Gasteiger partial charge in [-0.15, -0.1) is 11.8 Å². The Kier molecular flexibility index (Phi) is 11.3. The van der Waals surface area contributed by atoms with Crippen molar-refractivity contribution in [2.45, 2.75) is 36.9 Å². The average Bonchev–Trinajstić information content (AvgIpc) is 2.77. The molecule has 0 aromatic heterocycles. The highest BCUT2D eigenvalue weighted by Gasteiger charge is 2.31. The minimum absolute atomic E-state index is 0.0777. The smallest absolute Gasteiger partial charge is 0.412 e. The number of aliphatic carboxylic acids is 1. The van der Waals surface area contributed by atoms with Gasteiger partial charge in [0.15, 0.2) is 6.10 Å². The summed E-state index contributed by atoms with van der Waals surface area (Å²) in [6.07, 6.45) is 2.97. The number of amides is 1. The molecule has 0 heterocycles. The number of carbonyl (C=O) groups is 2. The van der Waals surface area contributed by atoms with Crippen LogP contribution >= 0.6 is 43.6 Å². The summed E-state index contributed by atoms with van der Waals surface area (Å²) in [6.45, 7) is 2.14. The summed E-state index contributed by atoms with van der Waals surface area (Å²) in [4.78, 5) is 24.6. The van der Waals surface area contributed by atoms with Gasteiger partial charge in [-0.3, -0.25) is 5.32 Å². The standard InChI is InChI=1S/C23H25Br2NO6S/c1-3-31-19(6-4-5-7-20(27)28)22(17-12-14(24)13-18(25)21(17)29)32-23(30)26-15-8-10-16(33-2)11-9-15/h5,7-13,19,22,29H,3-4,6H2,1-2H3,(H,26,30)(H,27,28)/b7-5+/t19-,22-/m0/s1. The van der Waals surface area contributed by atoms with E-state index in [-0.39, 0.29) is 5.75 Å². The van der Waals surface area contributed by atoms with Crippen LogP contribution in [0, 0.1) is 0 Å². The van der Waals surface area contributed by atoms with Crippen LogP contribution in [0.25, 0.3) is 0 Å². The molecule has 7 nitrogen and oxygen atoms in total. The van der Waals surface area contributed by atoms with E-state index >= 15 is 0 Å². The number of aromatic hydroxyl groups is 1. The number of carboxylic acid groups (broad SMARTS) is 1. The quantitative estimate of drug-likeness (QED) is 0.193. The first-order valence-corrected chi connectivity index (χ1v) is 12.9. The van der Waals surface area contributed by atoms with Gasteiger partial charge in [0.05, 0.1) is 10.6 Å². The third-order valence-corrected chi connectivity index (χ3v) is 6.34. The van der Waals surface area contributed by atoms with E-state index in [0.29, 0.717) is 39.6 Å². The lowest BCUT2D eigenvalue weighted by molar-refractivity contribution is -0.131. The molecule has 10 heteroatoms. The van der Waals surface area contributed by atoms with Crippen LogP contribution in [0.5, 0.6) is 5.75 Å². The number of ether oxygens (including phenoxy) is 2. The number of carbonyl (C=O) groups excluding carboxylic acids is 1. The molecular formula is C23H25Br2NO6S. The molecule has 33 heavy (non-hydrogen) atoms. The largest absolute Gasteiger partial charge is 0.506 e. The number of rotatable bonds is 11. The van der Waals surface area contributed by atoms with Gasteiger partial charge >= 0.3 is 12.1 Å². The van der Waals surface area contributed by atoms with Crippen LogP contribution in [0.15, 0.2) is 62.4 Å². The number of benzene rings is 2. The third-order valence-electron chi connectivity index (χ3n) is 4.53. The van der Waals surface area contributed by atoms with Crippen molar-refractivity contribution in [3.63, 3.8) is 0 Å². The third kappa shape index (κ3) is 8.69. The van der Waals surface area contributed by atoms with E-state index in [9.17, 15) is 14.7 Å². The lowest BCUT2D eigenvalue weighted by Gasteiger charge is -2.28. The molecule has 2 rings (SSSR count). The SMILES string of the molecule is CCO[C@@H](CC/C=C/C(=O)O)[C@@H](OC(=O)Nc1ccc(SC)cc1)c1cc(Br)cc(Br)c1O. The molecule has 2 aromatic rings. The normalized spacial score (nSPS) is 13.0. The molecule has 2 aromatic carbocycles. The first-order chi connectivity index (χ1) is 15.7. The number of halogens is 2. The number of carboxylic acids is 1. The predicted octanol–water partition coefficient (Wildman–Crippen LogP) is 6.76. The zero-order valence-corrected chi connectivity index (χ0v) is 22.1. The summed E-state index contributed by atoms with van der Waals surface area (Å²) in [6, 6.07) is 10.6. The van der Waals surface area contributed by atoms with Gasteiger partial charge in [0.25, 0.3) is 0 Å². The second-order valence-electron chi connectivity index (χ2n) is 6.82. The minimum Gasteiger partial charge on any atom is -0.506 e. The lowest BCUT2D eigenvalue weighted by atomic mass is 9.99. The highest BCUT2D eigenvalue weighted by atomic mass is 79.9. The molecule has 0 saturated carbocycles. The van der Waals surface area contributed by atoms with E-state index in [4.69, 9.17) is 14.6 Å². The molecule has 178 valence electrons. The molecule has 0 bridgehead atoms. The van der Waals surface area contributed by atoms with E-state index in [1.165, 1.54) is 6.08 Å². The van der Waals surface area contributed by atoms with Crippen LogP contribution in [0.2, 0.25) is 0 Å². The van der Waals surface area contributed by atoms with Crippen molar-refractivity contribution in [2.24, 2.45) is 0 Å². The topological polar surface area (TPSA) is 105 Å². The molecule has 3 N–H and O–H groups in total. The van der Waals surface area contributed by atoms with Crippen molar-refractivity contribution < 1.29 is 29.3 Å². The summed E-state index contributed by atoms with van der Waals surface area (Å²) in [7, 11) is 0. The van der Waals surface area contributed by atoms with Crippen LogP contribution < -0.4 is 5.32 Å². The van der Waals surface area contributed by atoms with Crippen molar-refractivity contribution in [1.82, 2.24) is 0 Å². The van der Waals surface area contributed by atoms with Crippen molar-refractivity contribution in [3.05, 3.63) is 63.1 Å². The summed E-state index contributed by atoms with van der Waals surface area (Å²) in [5, 5.41) is 22.2. The van der Waals surface area contributed by atoms with Crippen molar-refractivity contribution in [1.29, 1.82) is 0 Å². The van der Waals surface area contributed by atoms with Crippen molar-refractivity contribution in [2.75, 3.05) is 18.2 Å². The van der Waals surface area contributed by atoms with Crippen molar-refractivity contribution in [3.8, 4) is 5.75 Å². The Balaban J connectivity index is 2.31. The lowest BCUT2D eigenvalue weighted by Crippen LogP contribution is -2.29. The monoisotopic (exact) mass is 601 g/mol. The summed E-state index contributed by atoms with van der Waals surface area (Å²) < 4.78 is 12.7. The van der Waals surface area contributed by atoms with Crippen LogP contribution in [-0.4, -0.2) is 41.2 Å². The molecule has 0 radical (unpaired) electrons. The number of phenols is 1. The molecular weight excluding hydrogens is 578 g/mol. The molecule has 0 spiro atoms. The second-order valence-corrected chi connectivity index (χ2v) is 9.47. The van der Waals surface area contributed by atoms with E-state index in [0.717, 1.165) is 11.0 Å². The van der Waals surface area contributed by atoms with E-state index in [1.807, 2.05) is 18.4 Å². The highest BCUT2D eigenvalue weighted by molar-refractivity contribution is 9.11. The second kappa shape index (κ2) is 13.6. The Hall–Kier alpha value is -2.01. The molecule has 0 aliphatic carbocycles. The van der Waals surface area contributed by atoms with Crippen LogP contribution in [-0.2, 0) is 14.3 Å². The number of thioether (sulfide) groups is 1. The van der Waals surface area contributed by atoms with Crippen LogP contribution in [0.3, 0.4) is 0 Å². The molecule has 2 atom stereocenters. The van der Waals surface area contributed by atoms with E-state index in [1.54, 1.807) is 43.0 Å². The first-order valence-electron chi connectivity index (χ1n) is 10.1. The number of hydrogen-bond donors (Lipinski definition) is 3. The van der Waals surface area contributed by atoms with Crippen LogP contribution in [0.4, 0.5) is 10.5 Å². The number of hydrogen-bond acceptors (Lipinski definition) is 6. The number of nitrogens with one attached hydrogen (secondary N) is 1. The molecule has 0 unspecified atom stereocenters. The summed E-state index contributed by atoms with van der Waals surface area (Å²) >= 11 is 8.30. The number of phenolic OH excluding ortho intramolecular Hbond substituents is 1. The predicted molar refractivity (Wildman–Crippen MR) is 136 cm³/mol. The fourth-order valence-electron chi connectivity index (χ4n) is 3.06.